The molecule has 0 amide bonds. The van der Waals surface area contributed by atoms with Crippen LogP contribution < -0.4 is 4.90 Å². The Bertz CT molecular complexity index is 382. The number of halogens is 1. The highest BCUT2D eigenvalue weighted by Crippen LogP contribution is 2.33. The highest BCUT2D eigenvalue weighted by atomic mass is 19.1. The van der Waals surface area contributed by atoms with Gasteiger partial charge in [0.25, 0.3) is 0 Å². The first-order valence-corrected chi connectivity index (χ1v) is 5.77. The molecule has 2 aliphatic heterocycles. The van der Waals surface area contributed by atoms with Gasteiger partial charge in [-0.1, -0.05) is 0 Å². The molecule has 1 aromatic heterocycles. The lowest BCUT2D eigenvalue weighted by atomic mass is 10.0. The molecule has 4 heteroatoms. The SMILES string of the molecule is CN1CC2CN(c3ccnc(F)c3)CC2C1. The highest BCUT2D eigenvalue weighted by molar-refractivity contribution is 5.46. The number of rotatable bonds is 1. The third-order valence-corrected chi connectivity index (χ3v) is 3.74. The van der Waals surface area contributed by atoms with Crippen molar-refractivity contribution in [2.24, 2.45) is 11.8 Å². The fraction of sp³-hybridized carbons (Fsp3) is 0.583. The standard InChI is InChI=1S/C12H16FN3/c1-15-5-9-7-16(8-10(9)6-15)11-2-3-14-12(13)4-11/h2-4,9-10H,5-8H2,1H3. The van der Waals surface area contributed by atoms with Crippen LogP contribution in [0.15, 0.2) is 18.3 Å². The van der Waals surface area contributed by atoms with Gasteiger partial charge in [0.1, 0.15) is 0 Å². The summed E-state index contributed by atoms with van der Waals surface area (Å²) in [4.78, 5) is 8.27. The van der Waals surface area contributed by atoms with Gasteiger partial charge in [-0.15, -0.1) is 0 Å². The van der Waals surface area contributed by atoms with Crippen LogP contribution in [-0.2, 0) is 0 Å². The Labute approximate surface area is 94.9 Å². The quantitative estimate of drug-likeness (QED) is 0.665. The van der Waals surface area contributed by atoms with Crippen molar-refractivity contribution >= 4 is 5.69 Å². The van der Waals surface area contributed by atoms with E-state index in [0.29, 0.717) is 0 Å². The summed E-state index contributed by atoms with van der Waals surface area (Å²) >= 11 is 0. The Balaban J connectivity index is 1.75. The average molecular weight is 221 g/mol. The summed E-state index contributed by atoms with van der Waals surface area (Å²) in [5.74, 6) is 1.12. The van der Waals surface area contributed by atoms with Crippen molar-refractivity contribution in [3.05, 3.63) is 24.3 Å². The Kier molecular flexibility index (Phi) is 2.32. The van der Waals surface area contributed by atoms with Crippen LogP contribution >= 0.6 is 0 Å². The van der Waals surface area contributed by atoms with Gasteiger partial charge in [-0.05, 0) is 24.9 Å². The van der Waals surface area contributed by atoms with Crippen LogP contribution in [0.25, 0.3) is 0 Å². The van der Waals surface area contributed by atoms with Crippen molar-refractivity contribution in [3.8, 4) is 0 Å². The van der Waals surface area contributed by atoms with Crippen LogP contribution in [0.5, 0.6) is 0 Å². The summed E-state index contributed by atoms with van der Waals surface area (Å²) in [6.07, 6.45) is 1.55. The number of aromatic nitrogens is 1. The van der Waals surface area contributed by atoms with E-state index in [-0.39, 0.29) is 5.95 Å². The largest absolute Gasteiger partial charge is 0.371 e. The van der Waals surface area contributed by atoms with Gasteiger partial charge in [-0.2, -0.15) is 4.39 Å². The van der Waals surface area contributed by atoms with E-state index in [2.05, 4.69) is 21.8 Å². The molecule has 0 aromatic carbocycles. The molecule has 16 heavy (non-hydrogen) atoms. The third-order valence-electron chi connectivity index (χ3n) is 3.74. The minimum absolute atomic E-state index is 0.383. The molecular weight excluding hydrogens is 205 g/mol. The summed E-state index contributed by atoms with van der Waals surface area (Å²) in [6.45, 7) is 4.46. The van der Waals surface area contributed by atoms with Crippen molar-refractivity contribution in [3.63, 3.8) is 0 Å². The van der Waals surface area contributed by atoms with E-state index >= 15 is 0 Å². The number of likely N-dealkylation sites (tertiary alicyclic amines) is 1. The monoisotopic (exact) mass is 221 g/mol. The Morgan fingerprint density at radius 1 is 1.25 bits per heavy atom. The summed E-state index contributed by atoms with van der Waals surface area (Å²) in [7, 11) is 2.18. The minimum atomic E-state index is -0.383. The maximum absolute atomic E-state index is 13.0. The fourth-order valence-corrected chi connectivity index (χ4v) is 3.03. The zero-order valence-corrected chi connectivity index (χ0v) is 9.43. The first kappa shape index (κ1) is 10.0. The normalized spacial score (nSPS) is 29.8. The highest BCUT2D eigenvalue weighted by Gasteiger charge is 2.38. The summed E-state index contributed by atoms with van der Waals surface area (Å²) in [5, 5.41) is 0. The van der Waals surface area contributed by atoms with Crippen LogP contribution in [0.1, 0.15) is 0 Å². The van der Waals surface area contributed by atoms with Gasteiger partial charge < -0.3 is 9.80 Å². The maximum atomic E-state index is 13.0. The molecule has 0 bridgehead atoms. The van der Waals surface area contributed by atoms with Crippen molar-refractivity contribution in [1.29, 1.82) is 0 Å². The second kappa shape index (κ2) is 3.70. The summed E-state index contributed by atoms with van der Waals surface area (Å²) in [6, 6.07) is 3.43. The van der Waals surface area contributed by atoms with Gasteiger partial charge in [0, 0.05) is 44.1 Å². The van der Waals surface area contributed by atoms with E-state index < -0.39 is 0 Å². The smallest absolute Gasteiger partial charge is 0.214 e. The number of anilines is 1. The van der Waals surface area contributed by atoms with Crippen molar-refractivity contribution in [2.45, 2.75) is 0 Å². The molecule has 2 unspecified atom stereocenters. The molecule has 0 N–H and O–H groups in total. The molecule has 0 aliphatic carbocycles. The lowest BCUT2D eigenvalue weighted by Gasteiger charge is -2.21. The predicted octanol–water partition coefficient (Wildman–Crippen LogP) is 1.22. The number of fused-ring (bicyclic) bond motifs is 1. The lowest BCUT2D eigenvalue weighted by Crippen LogP contribution is -2.26. The topological polar surface area (TPSA) is 19.4 Å². The van der Waals surface area contributed by atoms with Crippen LogP contribution in [0.3, 0.4) is 0 Å². The zero-order chi connectivity index (χ0) is 11.1. The molecule has 86 valence electrons. The predicted molar refractivity (Wildman–Crippen MR) is 60.9 cm³/mol. The van der Waals surface area contributed by atoms with Crippen molar-refractivity contribution < 1.29 is 4.39 Å². The molecule has 0 saturated carbocycles. The van der Waals surface area contributed by atoms with Crippen LogP contribution in [0, 0.1) is 17.8 Å². The number of hydrogen-bond donors (Lipinski definition) is 0. The molecule has 2 atom stereocenters. The first-order chi connectivity index (χ1) is 7.72. The summed E-state index contributed by atoms with van der Waals surface area (Å²) < 4.78 is 13.0. The second-order valence-electron chi connectivity index (χ2n) is 4.98. The van der Waals surface area contributed by atoms with Crippen LogP contribution in [-0.4, -0.2) is 43.1 Å². The lowest BCUT2D eigenvalue weighted by molar-refractivity contribution is 0.387. The molecule has 3 rings (SSSR count). The number of pyridine rings is 1. The van der Waals surface area contributed by atoms with Crippen LogP contribution in [0.4, 0.5) is 10.1 Å². The van der Waals surface area contributed by atoms with E-state index in [0.717, 1.165) is 30.6 Å². The van der Waals surface area contributed by atoms with E-state index in [4.69, 9.17) is 0 Å². The molecular formula is C12H16FN3. The van der Waals surface area contributed by atoms with Gasteiger partial charge in [0.2, 0.25) is 5.95 Å². The minimum Gasteiger partial charge on any atom is -0.371 e. The Hall–Kier alpha value is -1.16. The van der Waals surface area contributed by atoms with Crippen molar-refractivity contribution in [1.82, 2.24) is 9.88 Å². The summed E-state index contributed by atoms with van der Waals surface area (Å²) in [5.41, 5.74) is 0.976. The molecule has 1 aromatic rings. The first-order valence-electron chi connectivity index (χ1n) is 5.77. The third kappa shape index (κ3) is 1.67. The molecule has 3 heterocycles. The molecule has 2 aliphatic rings. The zero-order valence-electron chi connectivity index (χ0n) is 9.43. The van der Waals surface area contributed by atoms with Gasteiger partial charge in [-0.25, -0.2) is 4.98 Å². The van der Waals surface area contributed by atoms with Gasteiger partial charge in [0.05, 0.1) is 0 Å². The Morgan fingerprint density at radius 3 is 2.56 bits per heavy atom. The van der Waals surface area contributed by atoms with E-state index in [1.807, 2.05) is 6.07 Å². The number of nitrogens with zero attached hydrogens (tertiary/aromatic N) is 3. The van der Waals surface area contributed by atoms with Gasteiger partial charge >= 0.3 is 0 Å². The Morgan fingerprint density at radius 2 is 1.94 bits per heavy atom. The molecule has 2 fully saturated rings. The molecule has 3 nitrogen and oxygen atoms in total. The van der Waals surface area contributed by atoms with Gasteiger partial charge in [-0.3, -0.25) is 0 Å². The number of hydrogen-bond acceptors (Lipinski definition) is 3. The molecule has 0 radical (unpaired) electrons. The van der Waals surface area contributed by atoms with Gasteiger partial charge in [0.15, 0.2) is 0 Å². The maximum Gasteiger partial charge on any atom is 0.214 e. The van der Waals surface area contributed by atoms with E-state index in [1.54, 1.807) is 6.20 Å². The fourth-order valence-electron chi connectivity index (χ4n) is 3.03. The average Bonchev–Trinajstić information content (AvgIpc) is 2.74. The second-order valence-corrected chi connectivity index (χ2v) is 4.98. The van der Waals surface area contributed by atoms with Crippen LogP contribution in [0.2, 0.25) is 0 Å². The van der Waals surface area contributed by atoms with E-state index in [9.17, 15) is 4.39 Å². The van der Waals surface area contributed by atoms with E-state index in [1.165, 1.54) is 19.2 Å². The van der Waals surface area contributed by atoms with Crippen molar-refractivity contribution in [2.75, 3.05) is 38.1 Å². The molecule has 2 saturated heterocycles. The molecule has 0 spiro atoms.